The molecular formula is C36H25NO. The number of pyridine rings is 1. The van der Waals surface area contributed by atoms with Gasteiger partial charge in [-0.05, 0) is 63.2 Å². The highest BCUT2D eigenvalue weighted by Crippen LogP contribution is 2.49. The van der Waals surface area contributed by atoms with Crippen LogP contribution in [0.3, 0.4) is 0 Å². The number of nitrogens with zero attached hydrogens (tertiary/aromatic N) is 1. The molecule has 0 N–H and O–H groups in total. The van der Waals surface area contributed by atoms with Crippen LogP contribution in [0.25, 0.3) is 66.4 Å². The first-order chi connectivity index (χ1) is 18.6. The summed E-state index contributed by atoms with van der Waals surface area (Å²) in [6, 6.07) is 41.1. The van der Waals surface area contributed by atoms with E-state index in [1.807, 2.05) is 24.3 Å². The maximum Gasteiger partial charge on any atom is 0.162 e. The number of para-hydroxylation sites is 2. The molecule has 0 spiro atoms. The first kappa shape index (κ1) is 21.4. The number of rotatable bonds is 2. The van der Waals surface area contributed by atoms with Gasteiger partial charge in [-0.2, -0.15) is 0 Å². The molecule has 0 saturated heterocycles. The molecule has 0 unspecified atom stereocenters. The quantitative estimate of drug-likeness (QED) is 0.242. The summed E-state index contributed by atoms with van der Waals surface area (Å²) >= 11 is 0. The zero-order valence-corrected chi connectivity index (χ0v) is 21.3. The van der Waals surface area contributed by atoms with Gasteiger partial charge in [0.05, 0.1) is 5.52 Å². The van der Waals surface area contributed by atoms with Gasteiger partial charge in [-0.15, -0.1) is 0 Å². The van der Waals surface area contributed by atoms with Crippen molar-refractivity contribution in [2.24, 2.45) is 0 Å². The van der Waals surface area contributed by atoms with E-state index in [0.29, 0.717) is 0 Å². The molecule has 0 aliphatic heterocycles. The molecule has 0 fully saturated rings. The Labute approximate surface area is 221 Å². The van der Waals surface area contributed by atoms with Crippen molar-refractivity contribution in [1.29, 1.82) is 0 Å². The Morgan fingerprint density at radius 2 is 1.24 bits per heavy atom. The first-order valence-corrected chi connectivity index (χ1v) is 13.1. The maximum atomic E-state index is 6.40. The van der Waals surface area contributed by atoms with E-state index in [2.05, 4.69) is 105 Å². The molecule has 2 nitrogen and oxygen atoms in total. The summed E-state index contributed by atoms with van der Waals surface area (Å²) < 4.78 is 6.40. The number of benzene rings is 5. The lowest BCUT2D eigenvalue weighted by Gasteiger charge is -2.22. The molecule has 2 aromatic heterocycles. The number of hydrogen-bond donors (Lipinski definition) is 0. The summed E-state index contributed by atoms with van der Waals surface area (Å²) in [5.74, 6) is 0. The van der Waals surface area contributed by atoms with Crippen molar-refractivity contribution in [3.8, 4) is 33.4 Å². The van der Waals surface area contributed by atoms with Crippen LogP contribution in [-0.2, 0) is 5.41 Å². The van der Waals surface area contributed by atoms with E-state index in [-0.39, 0.29) is 5.41 Å². The smallest absolute Gasteiger partial charge is 0.162 e. The van der Waals surface area contributed by atoms with Gasteiger partial charge in [0.15, 0.2) is 5.58 Å². The summed E-state index contributed by atoms with van der Waals surface area (Å²) in [6.45, 7) is 4.66. The van der Waals surface area contributed by atoms with Crippen LogP contribution in [-0.4, -0.2) is 4.98 Å². The van der Waals surface area contributed by atoms with Crippen molar-refractivity contribution < 1.29 is 4.42 Å². The fourth-order valence-corrected chi connectivity index (χ4v) is 6.34. The minimum absolute atomic E-state index is 0.00920. The molecular weight excluding hydrogens is 462 g/mol. The topological polar surface area (TPSA) is 26.0 Å². The Morgan fingerprint density at radius 3 is 2.11 bits per heavy atom. The zero-order chi connectivity index (χ0) is 25.4. The second-order valence-electron chi connectivity index (χ2n) is 10.8. The summed E-state index contributed by atoms with van der Waals surface area (Å²) in [7, 11) is 0. The monoisotopic (exact) mass is 487 g/mol. The van der Waals surface area contributed by atoms with Crippen LogP contribution in [0.15, 0.2) is 120 Å². The van der Waals surface area contributed by atoms with Gasteiger partial charge in [0.1, 0.15) is 11.1 Å². The summed E-state index contributed by atoms with van der Waals surface area (Å²) in [4.78, 5) is 4.99. The molecule has 2 heteroatoms. The normalized spacial score (nSPS) is 13.7. The number of aromatic nitrogens is 1. The lowest BCUT2D eigenvalue weighted by molar-refractivity contribution is 0.660. The van der Waals surface area contributed by atoms with Crippen LogP contribution in [0.5, 0.6) is 0 Å². The van der Waals surface area contributed by atoms with Crippen LogP contribution < -0.4 is 0 Å². The van der Waals surface area contributed by atoms with Gasteiger partial charge in [-0.25, -0.2) is 4.98 Å². The third kappa shape index (κ3) is 2.92. The molecule has 1 aliphatic carbocycles. The van der Waals surface area contributed by atoms with Crippen LogP contribution in [0, 0.1) is 0 Å². The third-order valence-corrected chi connectivity index (χ3v) is 8.29. The van der Waals surface area contributed by atoms with Crippen LogP contribution >= 0.6 is 0 Å². The van der Waals surface area contributed by atoms with E-state index in [0.717, 1.165) is 44.1 Å². The average molecular weight is 488 g/mol. The molecule has 1 aliphatic rings. The SMILES string of the molecule is CC1(C)c2ccccc2-c2ccc(-c3ccc(-c4c5ccccc5nc5c4oc4ccccc45)cc3)cc21. The van der Waals surface area contributed by atoms with E-state index in [1.165, 1.54) is 33.4 Å². The molecule has 7 aromatic rings. The lowest BCUT2D eigenvalue weighted by Crippen LogP contribution is -2.14. The number of furan rings is 1. The molecule has 0 atom stereocenters. The largest absolute Gasteiger partial charge is 0.454 e. The second kappa shape index (κ2) is 7.66. The Bertz CT molecular complexity index is 2040. The molecule has 2 heterocycles. The predicted octanol–water partition coefficient (Wildman–Crippen LogP) is 9.77. The Hall–Kier alpha value is -4.69. The molecule has 0 saturated carbocycles. The molecule has 8 rings (SSSR count). The maximum absolute atomic E-state index is 6.40. The Morgan fingerprint density at radius 1 is 0.579 bits per heavy atom. The van der Waals surface area contributed by atoms with Gasteiger partial charge in [0, 0.05) is 21.8 Å². The van der Waals surface area contributed by atoms with Gasteiger partial charge in [-0.1, -0.05) is 105 Å². The minimum atomic E-state index is -0.00920. The van der Waals surface area contributed by atoms with Crippen molar-refractivity contribution in [1.82, 2.24) is 4.98 Å². The van der Waals surface area contributed by atoms with Gasteiger partial charge in [0.2, 0.25) is 0 Å². The van der Waals surface area contributed by atoms with Crippen LogP contribution in [0.1, 0.15) is 25.0 Å². The van der Waals surface area contributed by atoms with E-state index in [4.69, 9.17) is 9.40 Å². The summed E-state index contributed by atoms with van der Waals surface area (Å²) in [5.41, 5.74) is 13.8. The van der Waals surface area contributed by atoms with Crippen molar-refractivity contribution >= 4 is 33.0 Å². The van der Waals surface area contributed by atoms with Crippen LogP contribution in [0.4, 0.5) is 0 Å². The van der Waals surface area contributed by atoms with Gasteiger partial charge >= 0.3 is 0 Å². The van der Waals surface area contributed by atoms with Crippen molar-refractivity contribution in [3.63, 3.8) is 0 Å². The molecule has 0 bridgehead atoms. The highest BCUT2D eigenvalue weighted by Gasteiger charge is 2.35. The van der Waals surface area contributed by atoms with Gasteiger partial charge in [0.25, 0.3) is 0 Å². The van der Waals surface area contributed by atoms with Crippen LogP contribution in [0.2, 0.25) is 0 Å². The Balaban J connectivity index is 1.28. The fraction of sp³-hybridized carbons (Fsp3) is 0.0833. The highest BCUT2D eigenvalue weighted by molar-refractivity contribution is 6.14. The van der Waals surface area contributed by atoms with E-state index >= 15 is 0 Å². The first-order valence-electron chi connectivity index (χ1n) is 13.1. The lowest BCUT2D eigenvalue weighted by atomic mass is 9.81. The number of fused-ring (bicyclic) bond motifs is 7. The second-order valence-corrected chi connectivity index (χ2v) is 10.8. The number of hydrogen-bond acceptors (Lipinski definition) is 2. The molecule has 5 aromatic carbocycles. The standard InChI is InChI=1S/C36H25NO/c1-36(2)29-12-6-3-9-25(29)26-20-19-24(21-30(26)36)22-15-17-23(18-16-22)33-27-10-4-7-13-31(27)37-34-28-11-5-8-14-32(28)38-35(33)34/h3-21H,1-2H3. The van der Waals surface area contributed by atoms with E-state index < -0.39 is 0 Å². The molecule has 0 amide bonds. The molecule has 38 heavy (non-hydrogen) atoms. The average Bonchev–Trinajstić information content (AvgIpc) is 3.44. The minimum Gasteiger partial charge on any atom is -0.454 e. The predicted molar refractivity (Wildman–Crippen MR) is 157 cm³/mol. The van der Waals surface area contributed by atoms with Crippen molar-refractivity contribution in [2.45, 2.75) is 19.3 Å². The van der Waals surface area contributed by atoms with Gasteiger partial charge in [-0.3, -0.25) is 0 Å². The van der Waals surface area contributed by atoms with E-state index in [9.17, 15) is 0 Å². The third-order valence-electron chi connectivity index (χ3n) is 8.29. The zero-order valence-electron chi connectivity index (χ0n) is 21.3. The van der Waals surface area contributed by atoms with E-state index in [1.54, 1.807) is 0 Å². The Kier molecular flexibility index (Phi) is 4.31. The highest BCUT2D eigenvalue weighted by atomic mass is 16.3. The van der Waals surface area contributed by atoms with Gasteiger partial charge < -0.3 is 4.42 Å². The van der Waals surface area contributed by atoms with Crippen molar-refractivity contribution in [2.75, 3.05) is 0 Å². The summed E-state index contributed by atoms with van der Waals surface area (Å²) in [6.07, 6.45) is 0. The van der Waals surface area contributed by atoms with Crippen molar-refractivity contribution in [3.05, 3.63) is 126 Å². The fourth-order valence-electron chi connectivity index (χ4n) is 6.34. The summed E-state index contributed by atoms with van der Waals surface area (Å²) in [5, 5.41) is 2.15. The molecule has 0 radical (unpaired) electrons. The molecule has 180 valence electrons.